The van der Waals surface area contributed by atoms with Gasteiger partial charge in [0.1, 0.15) is 12.2 Å². The van der Waals surface area contributed by atoms with E-state index < -0.39 is 0 Å². The van der Waals surface area contributed by atoms with Gasteiger partial charge in [-0.05, 0) is 24.6 Å². The van der Waals surface area contributed by atoms with Crippen LogP contribution in [0, 0.1) is 0 Å². The molecule has 1 heterocycles. The largest absolute Gasteiger partial charge is 0.303 e. The van der Waals surface area contributed by atoms with Crippen molar-refractivity contribution in [3.8, 4) is 0 Å². The van der Waals surface area contributed by atoms with Gasteiger partial charge in [-0.3, -0.25) is 4.68 Å². The second-order valence-electron chi connectivity index (χ2n) is 3.95. The molecule has 2 aromatic rings. The van der Waals surface area contributed by atoms with Crippen LogP contribution in [0.4, 0.5) is 0 Å². The lowest BCUT2D eigenvalue weighted by Crippen LogP contribution is -2.20. The van der Waals surface area contributed by atoms with E-state index in [0.29, 0.717) is 12.6 Å². The summed E-state index contributed by atoms with van der Waals surface area (Å²) in [4.78, 5) is 4.18. The normalized spacial score (nSPS) is 12.6. The molecule has 0 fully saturated rings. The molecule has 1 aromatic heterocycles. The first-order valence-electron chi connectivity index (χ1n) is 5.48. The van der Waals surface area contributed by atoms with Crippen LogP contribution in [0.1, 0.15) is 24.4 Å². The third-order valence-corrected chi connectivity index (χ3v) is 3.27. The fraction of sp³-hybridized carbons (Fsp3) is 0.333. The van der Waals surface area contributed by atoms with Crippen molar-refractivity contribution in [2.45, 2.75) is 19.5 Å². The molecule has 0 amide bonds. The van der Waals surface area contributed by atoms with Crippen molar-refractivity contribution in [3.63, 3.8) is 0 Å². The van der Waals surface area contributed by atoms with Crippen LogP contribution < -0.4 is 5.32 Å². The number of aryl methyl sites for hydroxylation is 1. The molecule has 0 radical (unpaired) electrons. The first-order chi connectivity index (χ1) is 8.16. The van der Waals surface area contributed by atoms with E-state index in [1.165, 1.54) is 5.56 Å². The molecule has 5 heteroatoms. The van der Waals surface area contributed by atoms with Gasteiger partial charge < -0.3 is 5.32 Å². The Hall–Kier alpha value is -1.20. The van der Waals surface area contributed by atoms with E-state index in [4.69, 9.17) is 0 Å². The Labute approximate surface area is 109 Å². The number of rotatable bonds is 4. The predicted molar refractivity (Wildman–Crippen MR) is 70.4 cm³/mol. The molecule has 0 aliphatic rings. The van der Waals surface area contributed by atoms with E-state index in [-0.39, 0.29) is 0 Å². The average molecular weight is 295 g/mol. The van der Waals surface area contributed by atoms with Crippen LogP contribution in [0.3, 0.4) is 0 Å². The van der Waals surface area contributed by atoms with E-state index in [1.54, 1.807) is 11.0 Å². The molecular formula is C12H15BrN4. The number of halogens is 1. The van der Waals surface area contributed by atoms with Crippen molar-refractivity contribution >= 4 is 15.9 Å². The Kier molecular flexibility index (Phi) is 3.91. The Bertz CT molecular complexity index is 478. The Morgan fingerprint density at radius 3 is 2.65 bits per heavy atom. The van der Waals surface area contributed by atoms with Crippen LogP contribution in [-0.2, 0) is 13.6 Å². The van der Waals surface area contributed by atoms with E-state index in [9.17, 15) is 0 Å². The number of hydrogen-bond donors (Lipinski definition) is 1. The quantitative estimate of drug-likeness (QED) is 0.942. The summed E-state index contributed by atoms with van der Waals surface area (Å²) in [5, 5.41) is 7.46. The topological polar surface area (TPSA) is 42.7 Å². The Morgan fingerprint density at radius 2 is 2.06 bits per heavy atom. The maximum absolute atomic E-state index is 4.18. The third-order valence-electron chi connectivity index (χ3n) is 2.74. The van der Waals surface area contributed by atoms with Crippen LogP contribution in [0.25, 0.3) is 0 Å². The molecule has 90 valence electrons. The van der Waals surface area contributed by atoms with Crippen molar-refractivity contribution < 1.29 is 0 Å². The summed E-state index contributed by atoms with van der Waals surface area (Å²) in [7, 11) is 1.90. The SMILES string of the molecule is C[C@H](NCc1ncnn1C)c1ccc(Br)cc1. The number of benzene rings is 1. The van der Waals surface area contributed by atoms with Crippen molar-refractivity contribution in [3.05, 3.63) is 46.5 Å². The van der Waals surface area contributed by atoms with Crippen molar-refractivity contribution in [2.75, 3.05) is 0 Å². The Balaban J connectivity index is 1.95. The highest BCUT2D eigenvalue weighted by Crippen LogP contribution is 2.16. The van der Waals surface area contributed by atoms with E-state index in [1.807, 2.05) is 7.05 Å². The standard InChI is InChI=1S/C12H15BrN4/c1-9(10-3-5-11(13)6-4-10)14-7-12-15-8-16-17(12)2/h3-6,8-9,14H,7H2,1-2H3/t9-/m0/s1. The summed E-state index contributed by atoms with van der Waals surface area (Å²) in [5.74, 6) is 0.939. The molecule has 0 spiro atoms. The van der Waals surface area contributed by atoms with Crippen LogP contribution in [0.5, 0.6) is 0 Å². The summed E-state index contributed by atoms with van der Waals surface area (Å²) in [6, 6.07) is 8.61. The second kappa shape index (κ2) is 5.42. The molecule has 1 aromatic carbocycles. The zero-order valence-electron chi connectivity index (χ0n) is 9.89. The average Bonchev–Trinajstić information content (AvgIpc) is 2.73. The van der Waals surface area contributed by atoms with Gasteiger partial charge in [-0.2, -0.15) is 5.10 Å². The molecule has 2 rings (SSSR count). The van der Waals surface area contributed by atoms with Crippen molar-refractivity contribution in [1.82, 2.24) is 20.1 Å². The highest BCUT2D eigenvalue weighted by Gasteiger charge is 2.06. The predicted octanol–water partition coefficient (Wildman–Crippen LogP) is 2.43. The van der Waals surface area contributed by atoms with Crippen LogP contribution >= 0.6 is 15.9 Å². The number of hydrogen-bond acceptors (Lipinski definition) is 3. The summed E-state index contributed by atoms with van der Waals surface area (Å²) in [6.45, 7) is 2.85. The molecule has 0 unspecified atom stereocenters. The van der Waals surface area contributed by atoms with E-state index in [0.717, 1.165) is 10.3 Å². The second-order valence-corrected chi connectivity index (χ2v) is 4.87. The monoisotopic (exact) mass is 294 g/mol. The van der Waals surface area contributed by atoms with Crippen LogP contribution in [0.2, 0.25) is 0 Å². The van der Waals surface area contributed by atoms with Gasteiger partial charge in [0, 0.05) is 17.6 Å². The van der Waals surface area contributed by atoms with Gasteiger partial charge in [-0.15, -0.1) is 0 Å². The van der Waals surface area contributed by atoms with Gasteiger partial charge in [0.25, 0.3) is 0 Å². The minimum atomic E-state index is 0.291. The molecule has 0 saturated heterocycles. The lowest BCUT2D eigenvalue weighted by atomic mass is 10.1. The Morgan fingerprint density at radius 1 is 1.35 bits per heavy atom. The highest BCUT2D eigenvalue weighted by molar-refractivity contribution is 9.10. The lowest BCUT2D eigenvalue weighted by molar-refractivity contribution is 0.540. The number of nitrogens with zero attached hydrogens (tertiary/aromatic N) is 3. The number of nitrogens with one attached hydrogen (secondary N) is 1. The van der Waals surface area contributed by atoms with Crippen LogP contribution in [0.15, 0.2) is 35.1 Å². The van der Waals surface area contributed by atoms with Gasteiger partial charge in [0.05, 0.1) is 6.54 Å². The maximum Gasteiger partial charge on any atom is 0.140 e. The fourth-order valence-corrected chi connectivity index (χ4v) is 1.86. The van der Waals surface area contributed by atoms with Gasteiger partial charge in [-0.1, -0.05) is 28.1 Å². The van der Waals surface area contributed by atoms with Crippen LogP contribution in [-0.4, -0.2) is 14.8 Å². The van der Waals surface area contributed by atoms with Gasteiger partial charge in [0.15, 0.2) is 0 Å². The van der Waals surface area contributed by atoms with E-state index in [2.05, 4.69) is 62.5 Å². The molecule has 1 N–H and O–H groups in total. The highest BCUT2D eigenvalue weighted by atomic mass is 79.9. The smallest absolute Gasteiger partial charge is 0.140 e. The van der Waals surface area contributed by atoms with E-state index >= 15 is 0 Å². The summed E-state index contributed by atoms with van der Waals surface area (Å²) in [6.07, 6.45) is 1.57. The molecule has 1 atom stereocenters. The summed E-state index contributed by atoms with van der Waals surface area (Å²) >= 11 is 3.43. The maximum atomic E-state index is 4.18. The molecular weight excluding hydrogens is 280 g/mol. The lowest BCUT2D eigenvalue weighted by Gasteiger charge is -2.13. The molecule has 0 aliphatic carbocycles. The zero-order chi connectivity index (χ0) is 12.3. The molecule has 0 aliphatic heterocycles. The zero-order valence-corrected chi connectivity index (χ0v) is 11.5. The molecule has 17 heavy (non-hydrogen) atoms. The molecule has 0 bridgehead atoms. The molecule has 0 saturated carbocycles. The summed E-state index contributed by atoms with van der Waals surface area (Å²) < 4.78 is 2.88. The van der Waals surface area contributed by atoms with Gasteiger partial charge in [-0.25, -0.2) is 4.98 Å². The summed E-state index contributed by atoms with van der Waals surface area (Å²) in [5.41, 5.74) is 1.26. The molecule has 4 nitrogen and oxygen atoms in total. The first kappa shape index (κ1) is 12.3. The first-order valence-corrected chi connectivity index (χ1v) is 6.28. The number of aromatic nitrogens is 3. The third kappa shape index (κ3) is 3.14. The fourth-order valence-electron chi connectivity index (χ4n) is 1.59. The minimum Gasteiger partial charge on any atom is -0.303 e. The van der Waals surface area contributed by atoms with Gasteiger partial charge in [0.2, 0.25) is 0 Å². The van der Waals surface area contributed by atoms with Crippen molar-refractivity contribution in [2.24, 2.45) is 7.05 Å². The van der Waals surface area contributed by atoms with Crippen molar-refractivity contribution in [1.29, 1.82) is 0 Å². The van der Waals surface area contributed by atoms with Gasteiger partial charge >= 0.3 is 0 Å². The minimum absolute atomic E-state index is 0.291.